The Morgan fingerprint density at radius 3 is 1.62 bits per heavy atom. The molecule has 2 atom stereocenters. The van der Waals surface area contributed by atoms with Crippen molar-refractivity contribution in [1.82, 2.24) is 15.5 Å². The molecule has 1 fully saturated rings. The van der Waals surface area contributed by atoms with E-state index in [1.807, 2.05) is 39.0 Å². The van der Waals surface area contributed by atoms with E-state index in [0.29, 0.717) is 39.4 Å². The zero-order chi connectivity index (χ0) is 41.9. The number of hydrogen-bond donors (Lipinski definition) is 2. The van der Waals surface area contributed by atoms with E-state index in [4.69, 9.17) is 14.2 Å². The second kappa shape index (κ2) is 34.5. The van der Waals surface area contributed by atoms with Gasteiger partial charge in [0.15, 0.2) is 0 Å². The van der Waals surface area contributed by atoms with Crippen molar-refractivity contribution in [2.45, 2.75) is 226 Å². The SMILES string of the molecule is CCCCCCCCCCCCCCOCC(CNC(=O)C(NCc1ccccc1)C1CCN(C(=O)OC(C)(C)C)CC1)OCCCCCCCCCCCCCC. The molecule has 8 heteroatoms. The highest BCUT2D eigenvalue weighted by molar-refractivity contribution is 5.82. The molecule has 0 radical (unpaired) electrons. The van der Waals surface area contributed by atoms with Gasteiger partial charge in [0.25, 0.3) is 0 Å². The van der Waals surface area contributed by atoms with Crippen molar-refractivity contribution >= 4 is 12.0 Å². The van der Waals surface area contributed by atoms with Crippen LogP contribution in [0.2, 0.25) is 0 Å². The molecule has 336 valence electrons. The topological polar surface area (TPSA) is 89.1 Å². The maximum absolute atomic E-state index is 14.0. The highest BCUT2D eigenvalue weighted by Crippen LogP contribution is 2.24. The van der Waals surface area contributed by atoms with Crippen LogP contribution in [0.1, 0.15) is 207 Å². The van der Waals surface area contributed by atoms with Crippen LogP contribution in [0.15, 0.2) is 30.3 Å². The Kier molecular flexibility index (Phi) is 31.0. The fraction of sp³-hybridized carbons (Fsp3) is 0.840. The summed E-state index contributed by atoms with van der Waals surface area (Å²) in [5, 5.41) is 6.85. The van der Waals surface area contributed by atoms with E-state index in [9.17, 15) is 9.59 Å². The summed E-state index contributed by atoms with van der Waals surface area (Å²) in [6.07, 6.45) is 32.7. The van der Waals surface area contributed by atoms with Crippen LogP contribution in [0.5, 0.6) is 0 Å². The lowest BCUT2D eigenvalue weighted by atomic mass is 9.88. The second-order valence-corrected chi connectivity index (χ2v) is 18.2. The number of nitrogens with one attached hydrogen (secondary N) is 2. The molecule has 0 saturated carbocycles. The molecule has 8 nitrogen and oxygen atoms in total. The molecule has 1 aromatic rings. The van der Waals surface area contributed by atoms with Gasteiger partial charge in [-0.25, -0.2) is 4.79 Å². The maximum atomic E-state index is 14.0. The van der Waals surface area contributed by atoms with Crippen LogP contribution in [0.25, 0.3) is 0 Å². The summed E-state index contributed by atoms with van der Waals surface area (Å²) < 4.78 is 18.2. The van der Waals surface area contributed by atoms with Gasteiger partial charge in [-0.1, -0.05) is 185 Å². The van der Waals surface area contributed by atoms with E-state index in [2.05, 4.69) is 36.6 Å². The first-order chi connectivity index (χ1) is 28.2. The van der Waals surface area contributed by atoms with Crippen LogP contribution in [0, 0.1) is 5.92 Å². The number of ether oxygens (including phenoxy) is 3. The molecule has 58 heavy (non-hydrogen) atoms. The molecule has 1 heterocycles. The van der Waals surface area contributed by atoms with Gasteiger partial charge in [-0.3, -0.25) is 4.79 Å². The zero-order valence-corrected chi connectivity index (χ0v) is 38.4. The van der Waals surface area contributed by atoms with Gasteiger partial charge in [0.2, 0.25) is 5.91 Å². The Morgan fingerprint density at radius 2 is 1.14 bits per heavy atom. The Balaban J connectivity index is 1.83. The minimum atomic E-state index is -0.532. The van der Waals surface area contributed by atoms with Crippen LogP contribution in [-0.2, 0) is 25.5 Å². The fourth-order valence-electron chi connectivity index (χ4n) is 7.98. The third-order valence-corrected chi connectivity index (χ3v) is 11.6. The van der Waals surface area contributed by atoms with Crippen molar-refractivity contribution in [3.8, 4) is 0 Å². The lowest BCUT2D eigenvalue weighted by Crippen LogP contribution is -2.53. The quantitative estimate of drug-likeness (QED) is 0.0656. The number of likely N-dealkylation sites (tertiary alicyclic amines) is 1. The first-order valence-corrected chi connectivity index (χ1v) is 24.5. The third kappa shape index (κ3) is 27.6. The molecule has 0 spiro atoms. The normalized spacial score (nSPS) is 14.7. The molecule has 1 aromatic carbocycles. The first-order valence-electron chi connectivity index (χ1n) is 24.5. The van der Waals surface area contributed by atoms with Gasteiger partial charge in [-0.2, -0.15) is 0 Å². The smallest absolute Gasteiger partial charge is 0.410 e. The van der Waals surface area contributed by atoms with E-state index in [0.717, 1.165) is 37.9 Å². The summed E-state index contributed by atoms with van der Waals surface area (Å²) in [6, 6.07) is 9.86. The van der Waals surface area contributed by atoms with Crippen molar-refractivity contribution in [3.05, 3.63) is 35.9 Å². The predicted molar refractivity (Wildman–Crippen MR) is 243 cm³/mol. The third-order valence-electron chi connectivity index (χ3n) is 11.6. The van der Waals surface area contributed by atoms with Crippen molar-refractivity contribution in [3.63, 3.8) is 0 Å². The Bertz CT molecular complexity index is 1100. The molecular formula is C50H91N3O5. The number of piperidine rings is 1. The number of carbonyl (C=O) groups is 2. The van der Waals surface area contributed by atoms with Gasteiger partial charge in [0.05, 0.1) is 18.8 Å². The van der Waals surface area contributed by atoms with Crippen molar-refractivity contribution in [1.29, 1.82) is 0 Å². The van der Waals surface area contributed by atoms with Crippen LogP contribution < -0.4 is 10.6 Å². The van der Waals surface area contributed by atoms with E-state index in [1.54, 1.807) is 4.90 Å². The summed E-state index contributed by atoms with van der Waals surface area (Å²) in [5.41, 5.74) is 0.608. The van der Waals surface area contributed by atoms with Gasteiger partial charge in [0, 0.05) is 39.4 Å². The van der Waals surface area contributed by atoms with Gasteiger partial charge in [0.1, 0.15) is 5.60 Å². The van der Waals surface area contributed by atoms with Gasteiger partial charge < -0.3 is 29.7 Å². The lowest BCUT2D eigenvalue weighted by molar-refractivity contribution is -0.126. The molecule has 0 aliphatic carbocycles. The molecule has 2 unspecified atom stereocenters. The Labute approximate surface area is 357 Å². The summed E-state index contributed by atoms with van der Waals surface area (Å²) in [4.78, 5) is 28.5. The Morgan fingerprint density at radius 1 is 0.672 bits per heavy atom. The van der Waals surface area contributed by atoms with Crippen LogP contribution in [-0.4, -0.2) is 74.1 Å². The molecule has 2 rings (SSSR count). The predicted octanol–water partition coefficient (Wildman–Crippen LogP) is 12.7. The summed E-state index contributed by atoms with van der Waals surface area (Å²) in [7, 11) is 0. The largest absolute Gasteiger partial charge is 0.444 e. The molecular weight excluding hydrogens is 723 g/mol. The van der Waals surface area contributed by atoms with E-state index >= 15 is 0 Å². The molecule has 1 saturated heterocycles. The number of nitrogens with zero attached hydrogens (tertiary/aromatic N) is 1. The minimum absolute atomic E-state index is 0.00780. The second-order valence-electron chi connectivity index (χ2n) is 18.2. The van der Waals surface area contributed by atoms with Gasteiger partial charge >= 0.3 is 6.09 Å². The molecule has 1 aliphatic rings. The zero-order valence-electron chi connectivity index (χ0n) is 38.4. The van der Waals surface area contributed by atoms with Crippen LogP contribution >= 0.6 is 0 Å². The lowest BCUT2D eigenvalue weighted by Gasteiger charge is -2.36. The van der Waals surface area contributed by atoms with Gasteiger partial charge in [-0.15, -0.1) is 0 Å². The van der Waals surface area contributed by atoms with Crippen molar-refractivity contribution in [2.75, 3.05) is 39.5 Å². The summed E-state index contributed by atoms with van der Waals surface area (Å²) >= 11 is 0. The highest BCUT2D eigenvalue weighted by atomic mass is 16.6. The average molecular weight is 814 g/mol. The number of rotatable bonds is 36. The van der Waals surface area contributed by atoms with Crippen molar-refractivity contribution in [2.24, 2.45) is 5.92 Å². The first kappa shape index (κ1) is 52.0. The maximum Gasteiger partial charge on any atom is 0.410 e. The van der Waals surface area contributed by atoms with E-state index < -0.39 is 5.60 Å². The standard InChI is InChI=1S/C50H91N3O5/c1-6-8-10-12-14-16-18-20-22-24-26-31-39-56-43-46(57-40-32-27-25-23-21-19-17-15-13-11-9-7-2)42-52-48(54)47(51-41-44-33-29-28-30-34-44)45-35-37-53(38-36-45)49(55)58-50(3,4)5/h28-30,33-34,45-47,51H,6-27,31-32,35-43H2,1-5H3,(H,52,54). The minimum Gasteiger partial charge on any atom is -0.444 e. The number of hydrogen-bond acceptors (Lipinski definition) is 6. The van der Waals surface area contributed by atoms with Gasteiger partial charge in [-0.05, 0) is 57.9 Å². The molecule has 0 aromatic heterocycles. The van der Waals surface area contributed by atoms with Crippen LogP contribution in [0.3, 0.4) is 0 Å². The van der Waals surface area contributed by atoms with Crippen molar-refractivity contribution < 1.29 is 23.8 Å². The fourth-order valence-corrected chi connectivity index (χ4v) is 7.98. The number of amides is 2. The number of carbonyl (C=O) groups excluding carboxylic acids is 2. The Hall–Kier alpha value is -2.16. The summed E-state index contributed by atoms with van der Waals surface area (Å²) in [6.45, 7) is 14.4. The molecule has 2 N–H and O–H groups in total. The highest BCUT2D eigenvalue weighted by Gasteiger charge is 2.34. The molecule has 2 amide bonds. The monoisotopic (exact) mass is 814 g/mol. The molecule has 0 bridgehead atoms. The van der Waals surface area contributed by atoms with E-state index in [-0.39, 0.29) is 30.1 Å². The van der Waals surface area contributed by atoms with Crippen LogP contribution in [0.4, 0.5) is 4.79 Å². The number of benzene rings is 1. The average Bonchev–Trinajstić information content (AvgIpc) is 3.21. The molecule has 1 aliphatic heterocycles. The van der Waals surface area contributed by atoms with E-state index in [1.165, 1.54) is 141 Å². The number of unbranched alkanes of at least 4 members (excludes halogenated alkanes) is 22. The summed E-state index contributed by atoms with van der Waals surface area (Å²) in [5.74, 6) is 0.0939.